The van der Waals surface area contributed by atoms with Gasteiger partial charge in [-0.3, -0.25) is 19.3 Å². The number of hydrogen-bond donors (Lipinski definition) is 3. The highest BCUT2D eigenvalue weighted by Crippen LogP contribution is 2.22. The molecule has 1 aromatic heterocycles. The summed E-state index contributed by atoms with van der Waals surface area (Å²) in [7, 11) is 0. The molecule has 0 saturated heterocycles. The second-order valence-electron chi connectivity index (χ2n) is 6.62. The molecular formula is C20H21N3O4S. The zero-order valence-electron chi connectivity index (χ0n) is 15.2. The maximum atomic E-state index is 12.2. The van der Waals surface area contributed by atoms with Gasteiger partial charge in [0.15, 0.2) is 4.77 Å². The van der Waals surface area contributed by atoms with Crippen molar-refractivity contribution < 1.29 is 15.0 Å². The van der Waals surface area contributed by atoms with Crippen LogP contribution in [0.25, 0.3) is 0 Å². The fourth-order valence-electron chi connectivity index (χ4n) is 3.12. The number of aromatic nitrogens is 2. The second kappa shape index (κ2) is 8.79. The molecule has 28 heavy (non-hydrogen) atoms. The predicted molar refractivity (Wildman–Crippen MR) is 109 cm³/mol. The Morgan fingerprint density at radius 3 is 2.68 bits per heavy atom. The van der Waals surface area contributed by atoms with Gasteiger partial charge in [0.05, 0.1) is 11.3 Å². The average Bonchev–Trinajstić information content (AvgIpc) is 2.68. The van der Waals surface area contributed by atoms with Crippen molar-refractivity contribution in [2.24, 2.45) is 4.99 Å². The van der Waals surface area contributed by atoms with Crippen LogP contribution < -0.4 is 5.56 Å². The number of hydrogen-bond acceptors (Lipinski definition) is 5. The predicted octanol–water partition coefficient (Wildman–Crippen LogP) is 3.95. The van der Waals surface area contributed by atoms with E-state index in [-0.39, 0.29) is 21.8 Å². The van der Waals surface area contributed by atoms with Crippen LogP contribution in [0.4, 0.5) is 5.69 Å². The highest BCUT2D eigenvalue weighted by molar-refractivity contribution is 7.71. The minimum atomic E-state index is -1.03. The first-order valence-corrected chi connectivity index (χ1v) is 9.48. The summed E-state index contributed by atoms with van der Waals surface area (Å²) in [5.74, 6) is -1.25. The largest absolute Gasteiger partial charge is 0.494 e. The zero-order valence-corrected chi connectivity index (χ0v) is 16.0. The first-order valence-electron chi connectivity index (χ1n) is 9.07. The monoisotopic (exact) mass is 399 g/mol. The van der Waals surface area contributed by atoms with Gasteiger partial charge in [-0.25, -0.2) is 4.79 Å². The van der Waals surface area contributed by atoms with Gasteiger partial charge in [0, 0.05) is 12.8 Å². The summed E-state index contributed by atoms with van der Waals surface area (Å²) < 4.78 is 1.67. The number of aromatic amines is 1. The topological polar surface area (TPSA) is 108 Å². The molecule has 3 rings (SSSR count). The number of rotatable bonds is 6. The Kier molecular flexibility index (Phi) is 6.20. The van der Waals surface area contributed by atoms with Gasteiger partial charge in [0.2, 0.25) is 5.88 Å². The molecule has 0 fully saturated rings. The number of aromatic carboxylic acids is 1. The third-order valence-corrected chi connectivity index (χ3v) is 5.03. The number of nitrogens with zero attached hydrogens (tertiary/aromatic N) is 2. The van der Waals surface area contributed by atoms with Crippen LogP contribution in [0.15, 0.2) is 45.7 Å². The van der Waals surface area contributed by atoms with Gasteiger partial charge < -0.3 is 10.2 Å². The minimum Gasteiger partial charge on any atom is -0.494 e. The second-order valence-corrected chi connectivity index (χ2v) is 7.00. The van der Waals surface area contributed by atoms with E-state index in [0.29, 0.717) is 12.2 Å². The van der Waals surface area contributed by atoms with Crippen molar-refractivity contribution >= 4 is 30.1 Å². The number of H-pyrrole nitrogens is 1. The summed E-state index contributed by atoms with van der Waals surface area (Å²) in [6, 6.07) is 5.89. The summed E-state index contributed by atoms with van der Waals surface area (Å²) in [6.45, 7) is 0.474. The lowest BCUT2D eigenvalue weighted by Crippen LogP contribution is -2.19. The summed E-state index contributed by atoms with van der Waals surface area (Å²) >= 11 is 5.20. The molecule has 1 heterocycles. The quantitative estimate of drug-likeness (QED) is 0.387. The summed E-state index contributed by atoms with van der Waals surface area (Å²) in [4.78, 5) is 29.8. The van der Waals surface area contributed by atoms with Crippen molar-refractivity contribution in [3.63, 3.8) is 0 Å². The molecule has 1 aromatic carbocycles. The van der Waals surface area contributed by atoms with Gasteiger partial charge in [-0.1, -0.05) is 11.6 Å². The van der Waals surface area contributed by atoms with Crippen LogP contribution in [-0.2, 0) is 6.54 Å². The number of nitrogens with one attached hydrogen (secondary N) is 1. The minimum absolute atomic E-state index is 0.00790. The normalized spacial score (nSPS) is 14.2. The van der Waals surface area contributed by atoms with E-state index in [1.54, 1.807) is 0 Å². The maximum absolute atomic E-state index is 12.2. The van der Waals surface area contributed by atoms with E-state index in [2.05, 4.69) is 16.1 Å². The number of benzene rings is 1. The van der Waals surface area contributed by atoms with E-state index in [0.717, 1.165) is 19.3 Å². The van der Waals surface area contributed by atoms with E-state index in [1.807, 2.05) is 0 Å². The molecule has 7 nitrogen and oxygen atoms in total. The van der Waals surface area contributed by atoms with Crippen LogP contribution in [0.1, 0.15) is 48.0 Å². The lowest BCUT2D eigenvalue weighted by atomic mass is 9.97. The maximum Gasteiger partial charge on any atom is 0.335 e. The Hall–Kier alpha value is -3.00. The first-order chi connectivity index (χ1) is 13.5. The SMILES string of the molecule is O=C(O)c1ccc(N=Cc2c(O)n(CCC3=CCCCC3)c(=S)[nH]c2=O)cc1. The van der Waals surface area contributed by atoms with Crippen LogP contribution in [-0.4, -0.2) is 31.9 Å². The van der Waals surface area contributed by atoms with E-state index >= 15 is 0 Å². The number of allylic oxidation sites excluding steroid dienone is 2. The molecule has 0 amide bonds. The van der Waals surface area contributed by atoms with E-state index in [1.165, 1.54) is 53.5 Å². The van der Waals surface area contributed by atoms with Crippen LogP contribution >= 0.6 is 12.2 Å². The van der Waals surface area contributed by atoms with Crippen molar-refractivity contribution in [3.05, 3.63) is 62.2 Å². The Labute approximate surface area is 166 Å². The van der Waals surface area contributed by atoms with Gasteiger partial charge in [0.25, 0.3) is 5.56 Å². The molecule has 146 valence electrons. The van der Waals surface area contributed by atoms with Crippen LogP contribution in [0.5, 0.6) is 5.88 Å². The third kappa shape index (κ3) is 4.64. The molecule has 8 heteroatoms. The Morgan fingerprint density at radius 1 is 1.29 bits per heavy atom. The molecule has 3 N–H and O–H groups in total. The lowest BCUT2D eigenvalue weighted by molar-refractivity contribution is 0.0697. The Morgan fingerprint density at radius 2 is 2.04 bits per heavy atom. The van der Waals surface area contributed by atoms with E-state index in [9.17, 15) is 14.7 Å². The molecule has 1 aliphatic carbocycles. The lowest BCUT2D eigenvalue weighted by Gasteiger charge is -2.15. The van der Waals surface area contributed by atoms with Gasteiger partial charge in [0.1, 0.15) is 5.56 Å². The van der Waals surface area contributed by atoms with Crippen molar-refractivity contribution in [1.29, 1.82) is 0 Å². The molecule has 0 bridgehead atoms. The summed E-state index contributed by atoms with van der Waals surface area (Å²) in [5, 5.41) is 19.5. The van der Waals surface area contributed by atoms with Gasteiger partial charge >= 0.3 is 5.97 Å². The zero-order chi connectivity index (χ0) is 20.1. The van der Waals surface area contributed by atoms with Gasteiger partial charge in [-0.2, -0.15) is 0 Å². The fraction of sp³-hybridized carbons (Fsp3) is 0.300. The van der Waals surface area contributed by atoms with E-state index < -0.39 is 11.5 Å². The van der Waals surface area contributed by atoms with Crippen molar-refractivity contribution in [2.45, 2.75) is 38.6 Å². The standard InChI is InChI=1S/C20H21N3O4S/c24-17-16(12-21-15-8-6-14(7-9-15)19(26)27)18(25)23(20(28)22-17)11-10-13-4-2-1-3-5-13/h4,6-9,12,25H,1-3,5,10-11H2,(H,26,27)(H,22,24,28). The molecule has 0 spiro atoms. The van der Waals surface area contributed by atoms with Gasteiger partial charge in [-0.15, -0.1) is 0 Å². The number of carbonyl (C=O) groups is 1. The molecule has 1 aliphatic rings. The van der Waals surface area contributed by atoms with Gasteiger partial charge in [-0.05, 0) is 68.6 Å². The smallest absolute Gasteiger partial charge is 0.335 e. The molecule has 0 radical (unpaired) electrons. The summed E-state index contributed by atoms with van der Waals surface area (Å²) in [6.07, 6.45) is 8.78. The molecule has 0 aliphatic heterocycles. The Bertz CT molecular complexity index is 1050. The third-order valence-electron chi connectivity index (χ3n) is 4.71. The number of carboxylic acid groups (broad SMARTS) is 1. The van der Waals surface area contributed by atoms with E-state index in [4.69, 9.17) is 17.3 Å². The summed E-state index contributed by atoms with van der Waals surface area (Å²) in [5.41, 5.74) is 1.43. The fourth-order valence-corrected chi connectivity index (χ4v) is 3.39. The van der Waals surface area contributed by atoms with Crippen molar-refractivity contribution in [2.75, 3.05) is 0 Å². The number of aromatic hydroxyl groups is 1. The number of carboxylic acids is 1. The Balaban J connectivity index is 1.84. The number of aliphatic imine (C=N–C) groups is 1. The van der Waals surface area contributed by atoms with Crippen molar-refractivity contribution in [1.82, 2.24) is 9.55 Å². The van der Waals surface area contributed by atoms with Crippen LogP contribution in [0, 0.1) is 4.77 Å². The highest BCUT2D eigenvalue weighted by Gasteiger charge is 2.12. The van der Waals surface area contributed by atoms with Crippen LogP contribution in [0.2, 0.25) is 0 Å². The van der Waals surface area contributed by atoms with Crippen molar-refractivity contribution in [3.8, 4) is 5.88 Å². The first kappa shape index (κ1) is 19.8. The molecule has 0 unspecified atom stereocenters. The molecular weight excluding hydrogens is 378 g/mol. The molecule has 0 saturated carbocycles. The average molecular weight is 399 g/mol. The molecule has 2 aromatic rings. The molecule has 0 atom stereocenters. The van der Waals surface area contributed by atoms with Crippen LogP contribution in [0.3, 0.4) is 0 Å². The highest BCUT2D eigenvalue weighted by atomic mass is 32.1.